The molecule has 16 heavy (non-hydrogen) atoms. The van der Waals surface area contributed by atoms with E-state index in [1.165, 1.54) is 28.4 Å². The molecule has 0 fully saturated rings. The molecule has 0 saturated carbocycles. The molecule has 1 N–H and O–H groups in total. The fourth-order valence-corrected chi connectivity index (χ4v) is 2.10. The van der Waals surface area contributed by atoms with Gasteiger partial charge in [0.15, 0.2) is 0 Å². The van der Waals surface area contributed by atoms with Crippen molar-refractivity contribution in [2.24, 2.45) is 0 Å². The van der Waals surface area contributed by atoms with E-state index in [0.29, 0.717) is 9.34 Å². The van der Waals surface area contributed by atoms with Crippen LogP contribution >= 0.6 is 22.9 Å². The molecule has 0 bridgehead atoms. The molecule has 82 valence electrons. The number of aromatic nitrogens is 2. The van der Waals surface area contributed by atoms with Gasteiger partial charge in [-0.1, -0.05) is 11.6 Å². The van der Waals surface area contributed by atoms with E-state index in [1.54, 1.807) is 12.1 Å². The predicted octanol–water partition coefficient (Wildman–Crippen LogP) is 1.65. The molecule has 0 atom stereocenters. The normalized spacial score (nSPS) is 10.3. The molecular weight excluding hydrogens is 252 g/mol. The lowest BCUT2D eigenvalue weighted by Gasteiger charge is -2.02. The summed E-state index contributed by atoms with van der Waals surface area (Å²) in [5.41, 5.74) is -1.13. The molecule has 2 heterocycles. The van der Waals surface area contributed by atoms with Crippen molar-refractivity contribution in [3.05, 3.63) is 44.9 Å². The Morgan fingerprint density at radius 3 is 2.81 bits per heavy atom. The highest BCUT2D eigenvalue weighted by molar-refractivity contribution is 7.18. The molecule has 2 rings (SSSR count). The summed E-state index contributed by atoms with van der Waals surface area (Å²) in [6.45, 7) is 0. The number of carbonyl (C=O) groups is 1. The van der Waals surface area contributed by atoms with E-state index in [9.17, 15) is 9.59 Å². The van der Waals surface area contributed by atoms with Crippen LogP contribution < -0.4 is 5.56 Å². The van der Waals surface area contributed by atoms with Crippen LogP contribution in [-0.2, 0) is 0 Å². The summed E-state index contributed by atoms with van der Waals surface area (Å²) in [7, 11) is 0. The summed E-state index contributed by atoms with van der Waals surface area (Å²) in [5.74, 6) is -1.30. The Labute approximate surface area is 98.6 Å². The number of rotatable bonds is 2. The third-order valence-corrected chi connectivity index (χ3v) is 3.09. The summed E-state index contributed by atoms with van der Waals surface area (Å²) < 4.78 is 2.02. The number of thiophene rings is 1. The van der Waals surface area contributed by atoms with Gasteiger partial charge in [-0.05, 0) is 12.1 Å². The van der Waals surface area contributed by atoms with E-state index in [0.717, 1.165) is 0 Å². The van der Waals surface area contributed by atoms with Gasteiger partial charge in [0.1, 0.15) is 16.9 Å². The average Bonchev–Trinajstić information content (AvgIpc) is 2.65. The van der Waals surface area contributed by atoms with Crippen molar-refractivity contribution in [1.29, 1.82) is 0 Å². The highest BCUT2D eigenvalue weighted by Gasteiger charge is 2.10. The maximum absolute atomic E-state index is 11.1. The summed E-state index contributed by atoms with van der Waals surface area (Å²) in [5, 5.41) is 9.46. The number of hydrogen-bond acceptors (Lipinski definition) is 4. The molecule has 2 aromatic rings. The Bertz CT molecular complexity index is 605. The largest absolute Gasteiger partial charge is 0.477 e. The van der Waals surface area contributed by atoms with Crippen molar-refractivity contribution in [3.63, 3.8) is 0 Å². The Kier molecular flexibility index (Phi) is 2.76. The third kappa shape index (κ3) is 1.98. The van der Waals surface area contributed by atoms with Crippen LogP contribution in [0.5, 0.6) is 0 Å². The first-order valence-electron chi connectivity index (χ1n) is 4.15. The number of carboxylic acid groups (broad SMARTS) is 1. The zero-order valence-electron chi connectivity index (χ0n) is 7.75. The summed E-state index contributed by atoms with van der Waals surface area (Å²) >= 11 is 7.01. The Morgan fingerprint density at radius 2 is 2.25 bits per heavy atom. The van der Waals surface area contributed by atoms with Gasteiger partial charge in [0.05, 0.1) is 4.34 Å². The molecular formula is C9H5ClN2O3S. The van der Waals surface area contributed by atoms with Crippen molar-refractivity contribution in [2.75, 3.05) is 0 Å². The van der Waals surface area contributed by atoms with Gasteiger partial charge in [-0.2, -0.15) is 4.98 Å². The van der Waals surface area contributed by atoms with Gasteiger partial charge in [-0.3, -0.25) is 9.36 Å². The molecule has 0 aliphatic heterocycles. The molecule has 5 nitrogen and oxygen atoms in total. The van der Waals surface area contributed by atoms with Crippen LogP contribution in [0.3, 0.4) is 0 Å². The van der Waals surface area contributed by atoms with E-state index >= 15 is 0 Å². The van der Waals surface area contributed by atoms with Crippen LogP contribution in [0.15, 0.2) is 29.5 Å². The Balaban J connectivity index is 2.55. The van der Waals surface area contributed by atoms with Crippen LogP contribution in [0.25, 0.3) is 5.00 Å². The molecule has 0 aliphatic carbocycles. The predicted molar refractivity (Wildman–Crippen MR) is 59.7 cm³/mol. The highest BCUT2D eigenvalue weighted by Crippen LogP contribution is 2.24. The standard InChI is InChI=1S/C9H5ClN2O3S/c10-6-1-2-7(16-6)12-3-5(9(14)15)8(13)11-4-12/h1-4H,(H,14,15). The van der Waals surface area contributed by atoms with Gasteiger partial charge >= 0.3 is 5.97 Å². The van der Waals surface area contributed by atoms with E-state index in [-0.39, 0.29) is 5.56 Å². The maximum Gasteiger partial charge on any atom is 0.342 e. The molecule has 0 radical (unpaired) electrons. The van der Waals surface area contributed by atoms with Gasteiger partial charge in [0.25, 0.3) is 5.56 Å². The number of carboxylic acids is 1. The van der Waals surface area contributed by atoms with Gasteiger partial charge in [-0.15, -0.1) is 11.3 Å². The third-order valence-electron chi connectivity index (χ3n) is 1.84. The van der Waals surface area contributed by atoms with Gasteiger partial charge in [0, 0.05) is 6.20 Å². The van der Waals surface area contributed by atoms with Crippen LogP contribution in [0.1, 0.15) is 10.4 Å². The summed E-state index contributed by atoms with van der Waals surface area (Å²) in [6, 6.07) is 3.39. The molecule has 0 aliphatic rings. The smallest absolute Gasteiger partial charge is 0.342 e. The number of aromatic carboxylic acids is 1. The quantitative estimate of drug-likeness (QED) is 0.887. The van der Waals surface area contributed by atoms with Crippen LogP contribution in [0.4, 0.5) is 0 Å². The van der Waals surface area contributed by atoms with Crippen molar-refractivity contribution in [3.8, 4) is 5.00 Å². The van der Waals surface area contributed by atoms with Crippen LogP contribution in [-0.4, -0.2) is 20.6 Å². The van der Waals surface area contributed by atoms with Crippen LogP contribution in [0.2, 0.25) is 4.34 Å². The van der Waals surface area contributed by atoms with E-state index in [2.05, 4.69) is 4.98 Å². The Hall–Kier alpha value is -1.66. The number of hydrogen-bond donors (Lipinski definition) is 1. The van der Waals surface area contributed by atoms with Crippen molar-refractivity contribution < 1.29 is 9.90 Å². The van der Waals surface area contributed by atoms with Crippen molar-refractivity contribution in [2.45, 2.75) is 0 Å². The first-order chi connectivity index (χ1) is 7.58. The molecule has 0 unspecified atom stereocenters. The second kappa shape index (κ2) is 4.07. The summed E-state index contributed by atoms with van der Waals surface area (Å²) in [6.07, 6.45) is 2.48. The SMILES string of the molecule is O=C(O)c1cn(-c2ccc(Cl)s2)cnc1=O. The topological polar surface area (TPSA) is 72.2 Å². The maximum atomic E-state index is 11.1. The average molecular weight is 257 g/mol. The second-order valence-corrected chi connectivity index (χ2v) is 4.58. The zero-order chi connectivity index (χ0) is 11.7. The minimum atomic E-state index is -1.30. The van der Waals surface area contributed by atoms with Crippen molar-refractivity contribution >= 4 is 28.9 Å². The molecule has 0 saturated heterocycles. The molecule has 7 heteroatoms. The molecule has 0 amide bonds. The first-order valence-corrected chi connectivity index (χ1v) is 5.34. The Morgan fingerprint density at radius 1 is 1.50 bits per heavy atom. The first kappa shape index (κ1) is 10.8. The minimum absolute atomic E-state index is 0.368. The lowest BCUT2D eigenvalue weighted by molar-refractivity contribution is 0.0694. The number of nitrogens with zero attached hydrogens (tertiary/aromatic N) is 2. The monoisotopic (exact) mass is 256 g/mol. The zero-order valence-corrected chi connectivity index (χ0v) is 9.33. The fourth-order valence-electron chi connectivity index (χ4n) is 1.12. The van der Waals surface area contributed by atoms with Gasteiger partial charge < -0.3 is 5.11 Å². The molecule has 0 spiro atoms. The minimum Gasteiger partial charge on any atom is -0.477 e. The fraction of sp³-hybridized carbons (Fsp3) is 0. The van der Waals surface area contributed by atoms with Gasteiger partial charge in [0.2, 0.25) is 0 Å². The second-order valence-electron chi connectivity index (χ2n) is 2.88. The highest BCUT2D eigenvalue weighted by atomic mass is 35.5. The molecule has 0 aromatic carbocycles. The summed E-state index contributed by atoms with van der Waals surface area (Å²) in [4.78, 5) is 25.3. The molecule has 2 aromatic heterocycles. The van der Waals surface area contributed by atoms with E-state index in [4.69, 9.17) is 16.7 Å². The number of halogens is 1. The lowest BCUT2D eigenvalue weighted by Crippen LogP contribution is -2.19. The van der Waals surface area contributed by atoms with Crippen molar-refractivity contribution in [1.82, 2.24) is 9.55 Å². The van der Waals surface area contributed by atoms with E-state index in [1.807, 2.05) is 0 Å². The van der Waals surface area contributed by atoms with Gasteiger partial charge in [-0.25, -0.2) is 4.79 Å². The van der Waals surface area contributed by atoms with Crippen LogP contribution in [0, 0.1) is 0 Å². The lowest BCUT2D eigenvalue weighted by atomic mass is 10.3. The van der Waals surface area contributed by atoms with E-state index < -0.39 is 11.5 Å².